The second kappa shape index (κ2) is 8.91. The van der Waals surface area contributed by atoms with E-state index in [1.54, 1.807) is 4.90 Å². The molecule has 2 aliphatic rings. The molecule has 162 valence electrons. The maximum atomic E-state index is 12.7. The molecular weight excluding hydrogens is 398 g/mol. The van der Waals surface area contributed by atoms with Crippen molar-refractivity contribution in [2.24, 2.45) is 0 Å². The quantitative estimate of drug-likeness (QED) is 0.520. The van der Waals surface area contributed by atoms with Crippen LogP contribution in [0.15, 0.2) is 91.0 Å². The SMILES string of the molecule is O=C(OCc1ccccc1)N1CC=CC2(COc3cc(CCc4ccccc4)ccc32)C1. The number of fused-ring (bicyclic) bond motifs is 2. The van der Waals surface area contributed by atoms with Crippen LogP contribution in [0, 0.1) is 0 Å². The standard InChI is InChI=1S/C28H27NO3/c30-27(31-19-24-10-5-2-6-11-24)29-17-7-16-28(20-29)21-32-26-18-23(14-15-25(26)28)13-12-22-8-3-1-4-9-22/h1-11,14-16,18H,12-13,17,19-21H2. The van der Waals surface area contributed by atoms with E-state index in [1.165, 1.54) is 11.1 Å². The van der Waals surface area contributed by atoms with Gasteiger partial charge in [-0.15, -0.1) is 0 Å². The van der Waals surface area contributed by atoms with Crippen LogP contribution in [-0.2, 0) is 29.6 Å². The molecule has 0 saturated carbocycles. The number of hydrogen-bond acceptors (Lipinski definition) is 3. The Bertz CT molecular complexity index is 1110. The summed E-state index contributed by atoms with van der Waals surface area (Å²) in [5.74, 6) is 0.930. The van der Waals surface area contributed by atoms with Crippen molar-refractivity contribution in [3.8, 4) is 5.75 Å². The minimum atomic E-state index is -0.308. The highest BCUT2D eigenvalue weighted by Gasteiger charge is 2.43. The van der Waals surface area contributed by atoms with Gasteiger partial charge in [-0.1, -0.05) is 84.9 Å². The van der Waals surface area contributed by atoms with E-state index in [9.17, 15) is 4.79 Å². The van der Waals surface area contributed by atoms with Crippen LogP contribution in [0.5, 0.6) is 5.75 Å². The minimum absolute atomic E-state index is 0.282. The van der Waals surface area contributed by atoms with Crippen molar-refractivity contribution in [2.75, 3.05) is 19.7 Å². The second-order valence-electron chi connectivity index (χ2n) is 8.58. The summed E-state index contributed by atoms with van der Waals surface area (Å²) in [6.07, 6.45) is 5.94. The Hall–Kier alpha value is -3.53. The zero-order valence-corrected chi connectivity index (χ0v) is 18.1. The summed E-state index contributed by atoms with van der Waals surface area (Å²) in [5, 5.41) is 0. The van der Waals surface area contributed by atoms with Crippen LogP contribution in [0.3, 0.4) is 0 Å². The number of amides is 1. The van der Waals surface area contributed by atoms with E-state index in [0.29, 0.717) is 19.7 Å². The molecule has 0 fully saturated rings. The molecule has 4 nitrogen and oxygen atoms in total. The molecule has 0 bridgehead atoms. The van der Waals surface area contributed by atoms with Gasteiger partial charge in [-0.2, -0.15) is 0 Å². The maximum Gasteiger partial charge on any atom is 0.410 e. The predicted molar refractivity (Wildman–Crippen MR) is 125 cm³/mol. The zero-order valence-electron chi connectivity index (χ0n) is 18.1. The summed E-state index contributed by atoms with van der Waals surface area (Å²) in [4.78, 5) is 14.5. The molecule has 3 aromatic carbocycles. The molecule has 2 heterocycles. The van der Waals surface area contributed by atoms with Crippen molar-refractivity contribution in [3.05, 3.63) is 113 Å². The molecule has 5 rings (SSSR count). The third-order valence-electron chi connectivity index (χ3n) is 6.31. The zero-order chi connectivity index (χ0) is 21.8. The van der Waals surface area contributed by atoms with Gasteiger partial charge in [0.15, 0.2) is 0 Å². The van der Waals surface area contributed by atoms with Gasteiger partial charge in [0.25, 0.3) is 0 Å². The average molecular weight is 426 g/mol. The molecule has 1 spiro atoms. The summed E-state index contributed by atoms with van der Waals surface area (Å²) < 4.78 is 11.7. The van der Waals surface area contributed by atoms with Crippen LogP contribution >= 0.6 is 0 Å². The lowest BCUT2D eigenvalue weighted by molar-refractivity contribution is 0.0896. The number of ether oxygens (including phenoxy) is 2. The summed E-state index contributed by atoms with van der Waals surface area (Å²) in [6.45, 7) is 1.95. The van der Waals surface area contributed by atoms with Crippen LogP contribution in [0.4, 0.5) is 4.79 Å². The molecule has 0 N–H and O–H groups in total. The number of nitrogens with zero attached hydrogens (tertiary/aromatic N) is 1. The highest BCUT2D eigenvalue weighted by Crippen LogP contribution is 2.42. The molecule has 1 unspecified atom stereocenters. The highest BCUT2D eigenvalue weighted by atomic mass is 16.6. The van der Waals surface area contributed by atoms with E-state index in [0.717, 1.165) is 29.7 Å². The van der Waals surface area contributed by atoms with E-state index < -0.39 is 0 Å². The highest BCUT2D eigenvalue weighted by molar-refractivity contribution is 5.69. The molecule has 2 aliphatic heterocycles. The fraction of sp³-hybridized carbons (Fsp3) is 0.250. The van der Waals surface area contributed by atoms with Crippen molar-refractivity contribution < 1.29 is 14.3 Å². The number of aryl methyl sites for hydroxylation is 2. The van der Waals surface area contributed by atoms with E-state index >= 15 is 0 Å². The number of carbonyl (C=O) groups excluding carboxylic acids is 1. The first-order chi connectivity index (χ1) is 15.7. The summed E-state index contributed by atoms with van der Waals surface area (Å²) in [7, 11) is 0. The summed E-state index contributed by atoms with van der Waals surface area (Å²) in [6, 6.07) is 26.8. The second-order valence-corrected chi connectivity index (χ2v) is 8.58. The lowest BCUT2D eigenvalue weighted by Crippen LogP contribution is -2.47. The van der Waals surface area contributed by atoms with Crippen LogP contribution in [-0.4, -0.2) is 30.7 Å². The average Bonchev–Trinajstić information content (AvgIpc) is 3.19. The van der Waals surface area contributed by atoms with Crippen molar-refractivity contribution in [1.29, 1.82) is 0 Å². The Kier molecular flexibility index (Phi) is 5.68. The Morgan fingerprint density at radius 2 is 1.62 bits per heavy atom. The molecule has 1 atom stereocenters. The summed E-state index contributed by atoms with van der Waals surface area (Å²) in [5.41, 5.74) is 4.43. The topological polar surface area (TPSA) is 38.8 Å². The third-order valence-corrected chi connectivity index (χ3v) is 6.31. The molecule has 3 aromatic rings. The van der Waals surface area contributed by atoms with Crippen molar-refractivity contribution in [1.82, 2.24) is 4.90 Å². The van der Waals surface area contributed by atoms with Gasteiger partial charge in [0.05, 0.1) is 5.41 Å². The minimum Gasteiger partial charge on any atom is -0.492 e. The largest absolute Gasteiger partial charge is 0.492 e. The van der Waals surface area contributed by atoms with Crippen LogP contribution in [0.25, 0.3) is 0 Å². The first-order valence-corrected chi connectivity index (χ1v) is 11.2. The van der Waals surface area contributed by atoms with Crippen LogP contribution in [0.2, 0.25) is 0 Å². The van der Waals surface area contributed by atoms with E-state index in [2.05, 4.69) is 54.6 Å². The van der Waals surface area contributed by atoms with Crippen molar-refractivity contribution >= 4 is 6.09 Å². The fourth-order valence-electron chi connectivity index (χ4n) is 4.55. The Morgan fingerprint density at radius 1 is 0.906 bits per heavy atom. The smallest absolute Gasteiger partial charge is 0.410 e. The Morgan fingerprint density at radius 3 is 2.41 bits per heavy atom. The number of benzene rings is 3. The van der Waals surface area contributed by atoms with Gasteiger partial charge in [-0.25, -0.2) is 4.79 Å². The Balaban J connectivity index is 1.25. The van der Waals surface area contributed by atoms with E-state index in [1.807, 2.05) is 36.4 Å². The van der Waals surface area contributed by atoms with Gasteiger partial charge in [0.1, 0.15) is 19.0 Å². The maximum absolute atomic E-state index is 12.7. The normalized spacial score (nSPS) is 18.9. The molecule has 0 aromatic heterocycles. The van der Waals surface area contributed by atoms with Crippen LogP contribution < -0.4 is 4.74 Å². The molecule has 0 saturated heterocycles. The predicted octanol–water partition coefficient (Wildman–Crippen LogP) is 5.31. The molecule has 32 heavy (non-hydrogen) atoms. The lowest BCUT2D eigenvalue weighted by Gasteiger charge is -2.35. The van der Waals surface area contributed by atoms with Gasteiger partial charge < -0.3 is 14.4 Å². The van der Waals surface area contributed by atoms with Gasteiger partial charge >= 0.3 is 6.09 Å². The number of hydrogen-bond donors (Lipinski definition) is 0. The van der Waals surface area contributed by atoms with Gasteiger partial charge in [0.2, 0.25) is 0 Å². The van der Waals surface area contributed by atoms with Gasteiger partial charge in [0, 0.05) is 18.7 Å². The number of carbonyl (C=O) groups is 1. The molecule has 4 heteroatoms. The molecular formula is C28H27NO3. The van der Waals surface area contributed by atoms with E-state index in [-0.39, 0.29) is 18.1 Å². The molecule has 0 radical (unpaired) electrons. The first kappa shape index (κ1) is 20.4. The van der Waals surface area contributed by atoms with Crippen molar-refractivity contribution in [3.63, 3.8) is 0 Å². The van der Waals surface area contributed by atoms with Gasteiger partial charge in [-0.05, 0) is 35.6 Å². The Labute approximate surface area is 189 Å². The molecule has 1 amide bonds. The fourth-order valence-corrected chi connectivity index (χ4v) is 4.55. The first-order valence-electron chi connectivity index (χ1n) is 11.2. The van der Waals surface area contributed by atoms with Crippen molar-refractivity contribution in [2.45, 2.75) is 24.9 Å². The van der Waals surface area contributed by atoms with E-state index in [4.69, 9.17) is 9.47 Å². The monoisotopic (exact) mass is 425 g/mol. The van der Waals surface area contributed by atoms with Gasteiger partial charge in [-0.3, -0.25) is 0 Å². The third kappa shape index (κ3) is 4.26. The summed E-state index contributed by atoms with van der Waals surface area (Å²) >= 11 is 0. The lowest BCUT2D eigenvalue weighted by atomic mass is 9.79. The molecule has 0 aliphatic carbocycles. The number of rotatable bonds is 5. The van der Waals surface area contributed by atoms with Crippen LogP contribution in [0.1, 0.15) is 22.3 Å².